The summed E-state index contributed by atoms with van der Waals surface area (Å²) in [7, 11) is 0. The SMILES string of the molecule is CC1(C)C(N)CCN1C(=O)Cc1ccc(Br)cc1. The molecular formula is C14H19BrN2O. The molecular weight excluding hydrogens is 292 g/mol. The third kappa shape index (κ3) is 2.59. The van der Waals surface area contributed by atoms with E-state index in [1.807, 2.05) is 43.0 Å². The molecule has 1 unspecified atom stereocenters. The first-order chi connectivity index (χ1) is 8.41. The maximum atomic E-state index is 12.3. The zero-order chi connectivity index (χ0) is 13.3. The van der Waals surface area contributed by atoms with Gasteiger partial charge in [0.05, 0.1) is 12.0 Å². The van der Waals surface area contributed by atoms with E-state index >= 15 is 0 Å². The van der Waals surface area contributed by atoms with Crippen molar-refractivity contribution in [3.8, 4) is 0 Å². The Morgan fingerprint density at radius 2 is 2.06 bits per heavy atom. The number of hydrogen-bond donors (Lipinski definition) is 1. The van der Waals surface area contributed by atoms with Crippen LogP contribution in [0.25, 0.3) is 0 Å². The summed E-state index contributed by atoms with van der Waals surface area (Å²) < 4.78 is 1.03. The topological polar surface area (TPSA) is 46.3 Å². The molecule has 2 rings (SSSR count). The first-order valence-corrected chi connectivity index (χ1v) is 7.01. The van der Waals surface area contributed by atoms with Crippen LogP contribution in [0.3, 0.4) is 0 Å². The van der Waals surface area contributed by atoms with Gasteiger partial charge in [-0.2, -0.15) is 0 Å². The zero-order valence-corrected chi connectivity index (χ0v) is 12.4. The van der Waals surface area contributed by atoms with Crippen LogP contribution in [0.5, 0.6) is 0 Å². The molecule has 0 bridgehead atoms. The number of hydrogen-bond acceptors (Lipinski definition) is 2. The minimum Gasteiger partial charge on any atom is -0.336 e. The van der Waals surface area contributed by atoms with E-state index in [-0.39, 0.29) is 17.5 Å². The molecule has 1 saturated heterocycles. The second-order valence-electron chi connectivity index (χ2n) is 5.40. The van der Waals surface area contributed by atoms with Gasteiger partial charge in [-0.15, -0.1) is 0 Å². The van der Waals surface area contributed by atoms with Crippen LogP contribution in [0.1, 0.15) is 25.8 Å². The Balaban J connectivity index is 2.07. The lowest BCUT2D eigenvalue weighted by molar-refractivity contribution is -0.133. The highest BCUT2D eigenvalue weighted by molar-refractivity contribution is 9.10. The molecule has 0 spiro atoms. The maximum Gasteiger partial charge on any atom is 0.227 e. The van der Waals surface area contributed by atoms with Crippen molar-refractivity contribution in [1.82, 2.24) is 4.90 Å². The summed E-state index contributed by atoms with van der Waals surface area (Å²) in [6.07, 6.45) is 1.34. The molecule has 1 aromatic carbocycles. The summed E-state index contributed by atoms with van der Waals surface area (Å²) in [6, 6.07) is 7.95. The van der Waals surface area contributed by atoms with E-state index < -0.39 is 0 Å². The first-order valence-electron chi connectivity index (χ1n) is 6.22. The standard InChI is InChI=1S/C14H19BrN2O/c1-14(2)12(16)7-8-17(14)13(18)9-10-3-5-11(15)6-4-10/h3-6,12H,7-9,16H2,1-2H3. The van der Waals surface area contributed by atoms with E-state index in [0.717, 1.165) is 23.0 Å². The van der Waals surface area contributed by atoms with Crippen LogP contribution >= 0.6 is 15.9 Å². The Morgan fingerprint density at radius 3 is 2.56 bits per heavy atom. The van der Waals surface area contributed by atoms with Crippen LogP contribution in [0.15, 0.2) is 28.7 Å². The third-order valence-electron chi connectivity index (χ3n) is 3.84. The second-order valence-corrected chi connectivity index (χ2v) is 6.31. The molecule has 1 amide bonds. The fourth-order valence-corrected chi connectivity index (χ4v) is 2.69. The van der Waals surface area contributed by atoms with E-state index in [2.05, 4.69) is 15.9 Å². The Labute approximate surface area is 116 Å². The van der Waals surface area contributed by atoms with E-state index in [1.165, 1.54) is 0 Å². The molecule has 3 nitrogen and oxygen atoms in total. The van der Waals surface area contributed by atoms with Gasteiger partial charge in [0, 0.05) is 17.1 Å². The van der Waals surface area contributed by atoms with Crippen molar-refractivity contribution in [1.29, 1.82) is 0 Å². The van der Waals surface area contributed by atoms with Crippen LogP contribution in [0.2, 0.25) is 0 Å². The molecule has 0 radical (unpaired) electrons. The molecule has 98 valence electrons. The van der Waals surface area contributed by atoms with Gasteiger partial charge in [0.1, 0.15) is 0 Å². The molecule has 1 aromatic rings. The number of benzene rings is 1. The molecule has 1 aliphatic heterocycles. The first kappa shape index (κ1) is 13.6. The zero-order valence-electron chi connectivity index (χ0n) is 10.8. The molecule has 1 aliphatic rings. The Hall–Kier alpha value is -0.870. The predicted octanol–water partition coefficient (Wildman–Crippen LogP) is 2.33. The van der Waals surface area contributed by atoms with Gasteiger partial charge in [-0.1, -0.05) is 28.1 Å². The molecule has 1 atom stereocenters. The third-order valence-corrected chi connectivity index (χ3v) is 4.37. The van der Waals surface area contributed by atoms with E-state index in [9.17, 15) is 4.79 Å². The largest absolute Gasteiger partial charge is 0.336 e. The monoisotopic (exact) mass is 310 g/mol. The second kappa shape index (κ2) is 5.02. The van der Waals surface area contributed by atoms with Crippen LogP contribution in [0.4, 0.5) is 0 Å². The summed E-state index contributed by atoms with van der Waals surface area (Å²) in [5, 5.41) is 0. The minimum absolute atomic E-state index is 0.0753. The number of nitrogens with two attached hydrogens (primary N) is 1. The summed E-state index contributed by atoms with van der Waals surface area (Å²) in [6.45, 7) is 4.86. The highest BCUT2D eigenvalue weighted by atomic mass is 79.9. The molecule has 2 N–H and O–H groups in total. The van der Waals surface area contributed by atoms with E-state index in [1.54, 1.807) is 0 Å². The van der Waals surface area contributed by atoms with Gasteiger partial charge in [0.25, 0.3) is 0 Å². The van der Waals surface area contributed by atoms with Gasteiger partial charge in [0.2, 0.25) is 5.91 Å². The lowest BCUT2D eigenvalue weighted by Gasteiger charge is -2.34. The average Bonchev–Trinajstić information content (AvgIpc) is 2.57. The number of likely N-dealkylation sites (tertiary alicyclic amines) is 1. The summed E-state index contributed by atoms with van der Waals surface area (Å²) in [5.74, 6) is 0.162. The number of rotatable bonds is 2. The van der Waals surface area contributed by atoms with Crippen molar-refractivity contribution in [3.05, 3.63) is 34.3 Å². The van der Waals surface area contributed by atoms with Crippen LogP contribution in [-0.2, 0) is 11.2 Å². The highest BCUT2D eigenvalue weighted by Crippen LogP contribution is 2.28. The summed E-state index contributed by atoms with van der Waals surface area (Å²) in [4.78, 5) is 14.2. The van der Waals surface area contributed by atoms with E-state index in [4.69, 9.17) is 5.73 Å². The Kier molecular flexibility index (Phi) is 3.78. The van der Waals surface area contributed by atoms with Crippen molar-refractivity contribution in [2.45, 2.75) is 38.3 Å². The quantitative estimate of drug-likeness (QED) is 0.911. The lowest BCUT2D eigenvalue weighted by atomic mass is 9.96. The molecule has 4 heteroatoms. The van der Waals surface area contributed by atoms with Crippen LogP contribution < -0.4 is 5.73 Å². The normalized spacial score (nSPS) is 22.2. The molecule has 0 saturated carbocycles. The maximum absolute atomic E-state index is 12.3. The Bertz CT molecular complexity index is 442. The summed E-state index contributed by atoms with van der Waals surface area (Å²) in [5.41, 5.74) is 6.87. The van der Waals surface area contributed by atoms with Crippen LogP contribution in [0, 0.1) is 0 Å². The molecule has 1 heterocycles. The van der Waals surface area contributed by atoms with Gasteiger partial charge in [-0.3, -0.25) is 4.79 Å². The molecule has 18 heavy (non-hydrogen) atoms. The van der Waals surface area contributed by atoms with Crippen molar-refractivity contribution < 1.29 is 4.79 Å². The van der Waals surface area contributed by atoms with E-state index in [0.29, 0.717) is 6.42 Å². The number of carbonyl (C=O) groups is 1. The highest BCUT2D eigenvalue weighted by Gasteiger charge is 2.41. The van der Waals surface area contributed by atoms with Crippen molar-refractivity contribution in [2.75, 3.05) is 6.54 Å². The lowest BCUT2D eigenvalue weighted by Crippen LogP contribution is -2.51. The smallest absolute Gasteiger partial charge is 0.227 e. The fourth-order valence-electron chi connectivity index (χ4n) is 2.43. The van der Waals surface area contributed by atoms with Crippen molar-refractivity contribution in [2.24, 2.45) is 5.73 Å². The number of carbonyl (C=O) groups excluding carboxylic acids is 1. The van der Waals surface area contributed by atoms with Gasteiger partial charge < -0.3 is 10.6 Å². The minimum atomic E-state index is -0.230. The predicted molar refractivity (Wildman–Crippen MR) is 76.2 cm³/mol. The van der Waals surface area contributed by atoms with Crippen LogP contribution in [-0.4, -0.2) is 28.9 Å². The van der Waals surface area contributed by atoms with Crippen molar-refractivity contribution in [3.63, 3.8) is 0 Å². The van der Waals surface area contributed by atoms with Gasteiger partial charge >= 0.3 is 0 Å². The van der Waals surface area contributed by atoms with Gasteiger partial charge in [0.15, 0.2) is 0 Å². The average molecular weight is 311 g/mol. The molecule has 0 aromatic heterocycles. The molecule has 1 fully saturated rings. The Morgan fingerprint density at radius 1 is 1.44 bits per heavy atom. The fraction of sp³-hybridized carbons (Fsp3) is 0.500. The number of halogens is 1. The van der Waals surface area contributed by atoms with Gasteiger partial charge in [-0.05, 0) is 38.0 Å². The number of amides is 1. The van der Waals surface area contributed by atoms with Gasteiger partial charge in [-0.25, -0.2) is 0 Å². The molecule has 0 aliphatic carbocycles. The van der Waals surface area contributed by atoms with Crippen molar-refractivity contribution >= 4 is 21.8 Å². The number of nitrogens with zero attached hydrogens (tertiary/aromatic N) is 1. The summed E-state index contributed by atoms with van der Waals surface area (Å²) >= 11 is 3.39.